The fraction of sp³-hybridized carbons (Fsp3) is 0.0909. The second-order valence-electron chi connectivity index (χ2n) is 3.41. The summed E-state index contributed by atoms with van der Waals surface area (Å²) in [7, 11) is 0. The van der Waals surface area contributed by atoms with Crippen LogP contribution in [0.25, 0.3) is 0 Å². The Morgan fingerprint density at radius 3 is 2.28 bits per heavy atom. The zero-order valence-corrected chi connectivity index (χ0v) is 9.63. The van der Waals surface area contributed by atoms with E-state index in [1.54, 1.807) is 6.07 Å². The number of anilines is 2. The van der Waals surface area contributed by atoms with Gasteiger partial charge in [-0.15, -0.1) is 0 Å². The van der Waals surface area contributed by atoms with E-state index in [2.05, 4.69) is 15.3 Å². The lowest BCUT2D eigenvalue weighted by Gasteiger charge is -2.08. The van der Waals surface area contributed by atoms with Gasteiger partial charge in [0.2, 0.25) is 5.28 Å². The van der Waals surface area contributed by atoms with Crippen LogP contribution in [0.2, 0.25) is 5.28 Å². The molecule has 1 aromatic heterocycles. The maximum atomic E-state index is 12.3. The molecule has 0 spiro atoms. The Morgan fingerprint density at radius 2 is 1.72 bits per heavy atom. The lowest BCUT2D eigenvalue weighted by atomic mass is 10.2. The Hall–Kier alpha value is -1.82. The van der Waals surface area contributed by atoms with Gasteiger partial charge in [-0.1, -0.05) is 0 Å². The second-order valence-corrected chi connectivity index (χ2v) is 3.75. The van der Waals surface area contributed by atoms with Gasteiger partial charge in [-0.3, -0.25) is 0 Å². The minimum Gasteiger partial charge on any atom is -0.340 e. The van der Waals surface area contributed by atoms with Gasteiger partial charge in [-0.2, -0.15) is 13.2 Å². The Balaban J connectivity index is 2.16. The van der Waals surface area contributed by atoms with Gasteiger partial charge in [-0.25, -0.2) is 9.97 Å². The summed E-state index contributed by atoms with van der Waals surface area (Å²) in [5.74, 6) is 0.412. The highest BCUT2D eigenvalue weighted by atomic mass is 35.5. The Bertz CT molecular complexity index is 540. The monoisotopic (exact) mass is 273 g/mol. The third-order valence-corrected chi connectivity index (χ3v) is 2.29. The molecule has 0 saturated carbocycles. The van der Waals surface area contributed by atoms with Gasteiger partial charge in [0, 0.05) is 11.9 Å². The summed E-state index contributed by atoms with van der Waals surface area (Å²) in [6.45, 7) is 0. The average molecular weight is 274 g/mol. The maximum Gasteiger partial charge on any atom is 0.416 e. The fourth-order valence-electron chi connectivity index (χ4n) is 1.29. The van der Waals surface area contributed by atoms with Crippen molar-refractivity contribution >= 4 is 23.1 Å². The van der Waals surface area contributed by atoms with E-state index >= 15 is 0 Å². The summed E-state index contributed by atoms with van der Waals surface area (Å²) < 4.78 is 37.0. The molecule has 0 aliphatic heterocycles. The highest BCUT2D eigenvalue weighted by molar-refractivity contribution is 6.28. The first kappa shape index (κ1) is 12.6. The molecular formula is C11H7ClF3N3. The summed E-state index contributed by atoms with van der Waals surface area (Å²) in [4.78, 5) is 7.55. The summed E-state index contributed by atoms with van der Waals surface area (Å²) in [6.07, 6.45) is -2.89. The molecule has 0 radical (unpaired) electrons. The largest absolute Gasteiger partial charge is 0.416 e. The van der Waals surface area contributed by atoms with Crippen molar-refractivity contribution in [2.24, 2.45) is 0 Å². The first-order chi connectivity index (χ1) is 8.45. The molecule has 1 heterocycles. The topological polar surface area (TPSA) is 37.8 Å². The Morgan fingerprint density at radius 1 is 1.06 bits per heavy atom. The minimum absolute atomic E-state index is 0.0620. The number of rotatable bonds is 2. The molecule has 3 nitrogen and oxygen atoms in total. The van der Waals surface area contributed by atoms with E-state index in [4.69, 9.17) is 11.6 Å². The van der Waals surface area contributed by atoms with Gasteiger partial charge < -0.3 is 5.32 Å². The van der Waals surface area contributed by atoms with E-state index in [1.807, 2.05) is 0 Å². The van der Waals surface area contributed by atoms with Crippen LogP contribution in [-0.2, 0) is 6.18 Å². The van der Waals surface area contributed by atoms with Crippen LogP contribution < -0.4 is 5.32 Å². The molecule has 1 N–H and O–H groups in total. The van der Waals surface area contributed by atoms with E-state index in [1.165, 1.54) is 18.3 Å². The molecule has 2 aromatic rings. The molecule has 0 saturated heterocycles. The van der Waals surface area contributed by atoms with Crippen LogP contribution >= 0.6 is 11.6 Å². The smallest absolute Gasteiger partial charge is 0.340 e. The van der Waals surface area contributed by atoms with Gasteiger partial charge >= 0.3 is 6.18 Å². The van der Waals surface area contributed by atoms with Gasteiger partial charge in [-0.05, 0) is 41.9 Å². The van der Waals surface area contributed by atoms with Crippen molar-refractivity contribution in [2.45, 2.75) is 6.18 Å². The predicted molar refractivity (Wildman–Crippen MR) is 61.8 cm³/mol. The van der Waals surface area contributed by atoms with Gasteiger partial charge in [0.15, 0.2) is 0 Å². The molecule has 2 rings (SSSR count). The van der Waals surface area contributed by atoms with Crippen molar-refractivity contribution in [3.05, 3.63) is 47.4 Å². The minimum atomic E-state index is -4.34. The molecule has 18 heavy (non-hydrogen) atoms. The predicted octanol–water partition coefficient (Wildman–Crippen LogP) is 3.89. The first-order valence-electron chi connectivity index (χ1n) is 4.88. The molecule has 94 valence electrons. The normalized spacial score (nSPS) is 11.3. The van der Waals surface area contributed by atoms with Crippen molar-refractivity contribution in [2.75, 3.05) is 5.32 Å². The summed E-state index contributed by atoms with van der Waals surface area (Å²) in [5.41, 5.74) is -0.216. The summed E-state index contributed by atoms with van der Waals surface area (Å²) >= 11 is 5.59. The summed E-state index contributed by atoms with van der Waals surface area (Å²) in [5, 5.41) is 2.88. The van der Waals surface area contributed by atoms with Crippen LogP contribution in [0.5, 0.6) is 0 Å². The number of alkyl halides is 3. The van der Waals surface area contributed by atoms with Crippen LogP contribution in [0.4, 0.5) is 24.7 Å². The lowest BCUT2D eigenvalue weighted by Crippen LogP contribution is -2.04. The number of benzene rings is 1. The quantitative estimate of drug-likeness (QED) is 0.844. The SMILES string of the molecule is FC(F)(F)c1ccc(Nc2ccnc(Cl)n2)cc1. The fourth-order valence-corrected chi connectivity index (χ4v) is 1.44. The average Bonchev–Trinajstić information content (AvgIpc) is 2.28. The second kappa shape index (κ2) is 4.81. The van der Waals surface area contributed by atoms with Crippen LogP contribution in [0.15, 0.2) is 36.5 Å². The van der Waals surface area contributed by atoms with E-state index in [-0.39, 0.29) is 5.28 Å². The van der Waals surface area contributed by atoms with E-state index in [0.29, 0.717) is 11.5 Å². The number of hydrogen-bond donors (Lipinski definition) is 1. The van der Waals surface area contributed by atoms with Crippen molar-refractivity contribution in [1.29, 1.82) is 0 Å². The number of nitrogens with zero attached hydrogens (tertiary/aromatic N) is 2. The number of hydrogen-bond acceptors (Lipinski definition) is 3. The molecule has 0 aliphatic carbocycles. The molecule has 0 fully saturated rings. The number of nitrogens with one attached hydrogen (secondary N) is 1. The standard InChI is InChI=1S/C11H7ClF3N3/c12-10-16-6-5-9(18-10)17-8-3-1-7(2-4-8)11(13,14)15/h1-6H,(H,16,17,18). The lowest BCUT2D eigenvalue weighted by molar-refractivity contribution is -0.137. The molecule has 0 amide bonds. The highest BCUT2D eigenvalue weighted by Gasteiger charge is 2.29. The van der Waals surface area contributed by atoms with Crippen LogP contribution in [0, 0.1) is 0 Å². The number of aromatic nitrogens is 2. The van der Waals surface area contributed by atoms with Crippen molar-refractivity contribution < 1.29 is 13.2 Å². The molecule has 1 aromatic carbocycles. The Kier molecular flexibility index (Phi) is 3.38. The highest BCUT2D eigenvalue weighted by Crippen LogP contribution is 2.30. The molecule has 0 aliphatic rings. The molecule has 0 atom stereocenters. The van der Waals surface area contributed by atoms with Crippen molar-refractivity contribution in [1.82, 2.24) is 9.97 Å². The summed E-state index contributed by atoms with van der Waals surface area (Å²) in [6, 6.07) is 6.18. The van der Waals surface area contributed by atoms with E-state index < -0.39 is 11.7 Å². The van der Waals surface area contributed by atoms with Crippen molar-refractivity contribution in [3.8, 4) is 0 Å². The van der Waals surface area contributed by atoms with Gasteiger partial charge in [0.1, 0.15) is 5.82 Å². The third-order valence-electron chi connectivity index (χ3n) is 2.11. The zero-order valence-electron chi connectivity index (χ0n) is 8.87. The van der Waals surface area contributed by atoms with Crippen LogP contribution in [-0.4, -0.2) is 9.97 Å². The maximum absolute atomic E-state index is 12.3. The molecule has 0 unspecified atom stereocenters. The third kappa shape index (κ3) is 3.10. The van der Waals surface area contributed by atoms with E-state index in [0.717, 1.165) is 12.1 Å². The van der Waals surface area contributed by atoms with Gasteiger partial charge in [0.25, 0.3) is 0 Å². The first-order valence-corrected chi connectivity index (χ1v) is 5.26. The zero-order chi connectivity index (χ0) is 13.2. The number of halogens is 4. The molecule has 7 heteroatoms. The van der Waals surface area contributed by atoms with E-state index in [9.17, 15) is 13.2 Å². The molecular weight excluding hydrogens is 267 g/mol. The van der Waals surface area contributed by atoms with Crippen LogP contribution in [0.1, 0.15) is 5.56 Å². The Labute approximate surface area is 106 Å². The van der Waals surface area contributed by atoms with Gasteiger partial charge in [0.05, 0.1) is 5.56 Å². The van der Waals surface area contributed by atoms with Crippen LogP contribution in [0.3, 0.4) is 0 Å². The molecule has 0 bridgehead atoms. The van der Waals surface area contributed by atoms with Crippen molar-refractivity contribution in [3.63, 3.8) is 0 Å².